The quantitative estimate of drug-likeness (QED) is 0.778. The van der Waals surface area contributed by atoms with Crippen molar-refractivity contribution in [1.29, 1.82) is 0 Å². The lowest BCUT2D eigenvalue weighted by Gasteiger charge is -2.34. The summed E-state index contributed by atoms with van der Waals surface area (Å²) in [6, 6.07) is 5.08. The summed E-state index contributed by atoms with van der Waals surface area (Å²) in [5.74, 6) is -0.225. The monoisotopic (exact) mass is 346 g/mol. The Morgan fingerprint density at radius 2 is 1.92 bits per heavy atom. The number of aryl methyl sites for hydroxylation is 1. The molecule has 2 unspecified atom stereocenters. The van der Waals surface area contributed by atoms with Crippen molar-refractivity contribution in [3.8, 4) is 0 Å². The first kappa shape index (κ1) is 17.9. The molecule has 25 heavy (non-hydrogen) atoms. The first-order chi connectivity index (χ1) is 12.0. The molecule has 0 bridgehead atoms. The number of nitrogens with one attached hydrogen (secondary N) is 2. The fraction of sp³-hybridized carbons (Fsp3) is 0.526. The molecule has 1 saturated heterocycles. The summed E-state index contributed by atoms with van der Waals surface area (Å²) in [5, 5.41) is 20.3. The van der Waals surface area contributed by atoms with E-state index in [0.717, 1.165) is 48.4 Å². The first-order valence-electron chi connectivity index (χ1n) is 8.94. The molecule has 5 nitrogen and oxygen atoms in total. The Hall–Kier alpha value is -1.92. The van der Waals surface area contributed by atoms with Crippen LogP contribution in [0.1, 0.15) is 55.6 Å². The van der Waals surface area contributed by atoms with E-state index in [1.807, 2.05) is 19.2 Å². The van der Waals surface area contributed by atoms with Crippen LogP contribution in [0.4, 0.5) is 10.1 Å². The summed E-state index contributed by atoms with van der Waals surface area (Å²) >= 11 is 0. The van der Waals surface area contributed by atoms with Crippen molar-refractivity contribution in [2.24, 2.45) is 0 Å². The normalized spacial score (nSPS) is 18.4. The van der Waals surface area contributed by atoms with E-state index in [0.29, 0.717) is 0 Å². The molecule has 3 rings (SSSR count). The van der Waals surface area contributed by atoms with Crippen LogP contribution in [-0.2, 0) is 0 Å². The molecule has 1 aliphatic rings. The lowest BCUT2D eigenvalue weighted by molar-refractivity contribution is 0.145. The Kier molecular flexibility index (Phi) is 5.39. The predicted octanol–water partition coefficient (Wildman–Crippen LogP) is 3.23. The number of aromatic nitrogens is 2. The highest BCUT2D eigenvalue weighted by Gasteiger charge is 2.23. The molecule has 136 valence electrons. The standard InChI is InChI=1S/C19H27FN4O/c1-12(22-13(2)18-11-21-23-14(18)3)17-10-15(20)4-5-19(17)24-8-6-16(25)7-9-24/h4-5,10-13,16,22,25H,6-9H2,1-3H3,(H,21,23). The zero-order valence-corrected chi connectivity index (χ0v) is 15.1. The van der Waals surface area contributed by atoms with Crippen LogP contribution in [0.2, 0.25) is 0 Å². The van der Waals surface area contributed by atoms with Gasteiger partial charge in [0.25, 0.3) is 0 Å². The number of piperidine rings is 1. The van der Waals surface area contributed by atoms with Gasteiger partial charge >= 0.3 is 0 Å². The van der Waals surface area contributed by atoms with E-state index < -0.39 is 0 Å². The second-order valence-corrected chi connectivity index (χ2v) is 6.98. The maximum absolute atomic E-state index is 13.9. The molecule has 0 aliphatic carbocycles. The lowest BCUT2D eigenvalue weighted by Crippen LogP contribution is -2.37. The Labute approximate surface area is 148 Å². The van der Waals surface area contributed by atoms with Crippen molar-refractivity contribution in [2.75, 3.05) is 18.0 Å². The Balaban J connectivity index is 1.80. The number of aliphatic hydroxyl groups excluding tert-OH is 1. The number of halogens is 1. The second kappa shape index (κ2) is 7.54. The zero-order valence-electron chi connectivity index (χ0n) is 15.1. The van der Waals surface area contributed by atoms with E-state index in [1.54, 1.807) is 6.07 Å². The van der Waals surface area contributed by atoms with Gasteiger partial charge < -0.3 is 15.3 Å². The zero-order chi connectivity index (χ0) is 18.0. The molecule has 0 spiro atoms. The summed E-state index contributed by atoms with van der Waals surface area (Å²) in [6.07, 6.45) is 3.12. The van der Waals surface area contributed by atoms with Crippen LogP contribution in [0.15, 0.2) is 24.4 Å². The van der Waals surface area contributed by atoms with Crippen LogP contribution in [0, 0.1) is 12.7 Å². The van der Waals surface area contributed by atoms with E-state index in [9.17, 15) is 9.50 Å². The molecule has 1 aromatic carbocycles. The largest absolute Gasteiger partial charge is 0.393 e. The van der Waals surface area contributed by atoms with Crippen LogP contribution in [-0.4, -0.2) is 34.5 Å². The molecule has 0 saturated carbocycles. The molecule has 1 aliphatic heterocycles. The molecule has 3 N–H and O–H groups in total. The smallest absolute Gasteiger partial charge is 0.123 e. The van der Waals surface area contributed by atoms with Gasteiger partial charge in [0, 0.05) is 42.1 Å². The average molecular weight is 346 g/mol. The third-order valence-electron chi connectivity index (χ3n) is 5.10. The maximum atomic E-state index is 13.9. The van der Waals surface area contributed by atoms with E-state index in [2.05, 4.69) is 34.3 Å². The Bertz CT molecular complexity index is 709. The Morgan fingerprint density at radius 1 is 1.24 bits per heavy atom. The molecular formula is C19H27FN4O. The van der Waals surface area contributed by atoms with Gasteiger partial charge in [0.15, 0.2) is 0 Å². The summed E-state index contributed by atoms with van der Waals surface area (Å²) in [4.78, 5) is 2.24. The van der Waals surface area contributed by atoms with Crippen molar-refractivity contribution in [3.63, 3.8) is 0 Å². The number of rotatable bonds is 5. The fourth-order valence-electron chi connectivity index (χ4n) is 3.62. The number of H-pyrrole nitrogens is 1. The number of hydrogen-bond acceptors (Lipinski definition) is 4. The minimum Gasteiger partial charge on any atom is -0.393 e. The molecular weight excluding hydrogens is 319 g/mol. The molecule has 6 heteroatoms. The topological polar surface area (TPSA) is 64.2 Å². The highest BCUT2D eigenvalue weighted by Crippen LogP contribution is 2.31. The molecule has 2 aromatic rings. The van der Waals surface area contributed by atoms with Crippen molar-refractivity contribution in [3.05, 3.63) is 47.0 Å². The first-order valence-corrected chi connectivity index (χ1v) is 8.94. The fourth-order valence-corrected chi connectivity index (χ4v) is 3.62. The molecule has 0 amide bonds. The number of anilines is 1. The van der Waals surface area contributed by atoms with E-state index in [1.165, 1.54) is 6.07 Å². The van der Waals surface area contributed by atoms with Crippen molar-refractivity contribution in [1.82, 2.24) is 15.5 Å². The molecule has 1 aromatic heterocycles. The van der Waals surface area contributed by atoms with Crippen molar-refractivity contribution in [2.45, 2.75) is 51.8 Å². The third-order valence-corrected chi connectivity index (χ3v) is 5.10. The average Bonchev–Trinajstić information content (AvgIpc) is 3.02. The number of nitrogens with zero attached hydrogens (tertiary/aromatic N) is 2. The van der Waals surface area contributed by atoms with Crippen molar-refractivity contribution >= 4 is 5.69 Å². The van der Waals surface area contributed by atoms with Crippen LogP contribution >= 0.6 is 0 Å². The van der Waals surface area contributed by atoms with Crippen LogP contribution in [0.5, 0.6) is 0 Å². The van der Waals surface area contributed by atoms with Gasteiger partial charge in [0.05, 0.1) is 12.3 Å². The highest BCUT2D eigenvalue weighted by atomic mass is 19.1. The van der Waals surface area contributed by atoms with E-state index >= 15 is 0 Å². The minimum atomic E-state index is -0.225. The van der Waals surface area contributed by atoms with Crippen LogP contribution in [0.25, 0.3) is 0 Å². The van der Waals surface area contributed by atoms with Gasteiger partial charge in [-0.25, -0.2) is 4.39 Å². The van der Waals surface area contributed by atoms with Gasteiger partial charge in [-0.2, -0.15) is 5.10 Å². The van der Waals surface area contributed by atoms with Gasteiger partial charge in [0.1, 0.15) is 5.82 Å². The Morgan fingerprint density at radius 3 is 2.56 bits per heavy atom. The number of aromatic amines is 1. The van der Waals surface area contributed by atoms with Gasteiger partial charge in [-0.3, -0.25) is 5.10 Å². The predicted molar refractivity (Wildman–Crippen MR) is 97.1 cm³/mol. The minimum absolute atomic E-state index is 0.0122. The summed E-state index contributed by atoms with van der Waals surface area (Å²) in [6.45, 7) is 7.73. The molecule has 2 atom stereocenters. The summed E-state index contributed by atoms with van der Waals surface area (Å²) in [7, 11) is 0. The van der Waals surface area contributed by atoms with Gasteiger partial charge in [-0.15, -0.1) is 0 Å². The number of aliphatic hydroxyl groups is 1. The summed E-state index contributed by atoms with van der Waals surface area (Å²) in [5.41, 5.74) is 4.15. The molecule has 2 heterocycles. The molecule has 0 radical (unpaired) electrons. The van der Waals surface area contributed by atoms with E-state index in [4.69, 9.17) is 0 Å². The third kappa shape index (κ3) is 4.02. The summed E-state index contributed by atoms with van der Waals surface area (Å²) < 4.78 is 13.9. The second-order valence-electron chi connectivity index (χ2n) is 6.98. The van der Waals surface area contributed by atoms with Crippen molar-refractivity contribution < 1.29 is 9.50 Å². The van der Waals surface area contributed by atoms with Gasteiger partial charge in [0.2, 0.25) is 0 Å². The van der Waals surface area contributed by atoms with Crippen LogP contribution in [0.3, 0.4) is 0 Å². The van der Waals surface area contributed by atoms with Gasteiger partial charge in [-0.1, -0.05) is 0 Å². The number of hydrogen-bond donors (Lipinski definition) is 3. The molecule has 1 fully saturated rings. The van der Waals surface area contributed by atoms with Gasteiger partial charge in [-0.05, 0) is 57.4 Å². The number of benzene rings is 1. The lowest BCUT2D eigenvalue weighted by atomic mass is 10.00. The SMILES string of the molecule is Cc1[nH]ncc1C(C)NC(C)c1cc(F)ccc1N1CCC(O)CC1. The maximum Gasteiger partial charge on any atom is 0.123 e. The van der Waals surface area contributed by atoms with E-state index in [-0.39, 0.29) is 24.0 Å². The highest BCUT2D eigenvalue weighted by molar-refractivity contribution is 5.55. The van der Waals surface area contributed by atoms with Crippen LogP contribution < -0.4 is 10.2 Å².